The van der Waals surface area contributed by atoms with E-state index in [1.54, 1.807) is 6.33 Å². The summed E-state index contributed by atoms with van der Waals surface area (Å²) in [5.41, 5.74) is 9.32. The Morgan fingerprint density at radius 2 is 2.18 bits per heavy atom. The van der Waals surface area contributed by atoms with Crippen LogP contribution in [0.1, 0.15) is 62.5 Å². The highest BCUT2D eigenvalue weighted by molar-refractivity contribution is 5.73. The summed E-state index contributed by atoms with van der Waals surface area (Å²) < 4.78 is 0. The smallest absolute Gasteiger partial charge is 0.181 e. The molecule has 0 aromatic carbocycles. The van der Waals surface area contributed by atoms with E-state index in [0.717, 1.165) is 35.4 Å². The van der Waals surface area contributed by atoms with Crippen molar-refractivity contribution in [1.29, 1.82) is 0 Å². The molecule has 1 aliphatic rings. The van der Waals surface area contributed by atoms with Gasteiger partial charge in [0.1, 0.15) is 11.3 Å². The van der Waals surface area contributed by atoms with Gasteiger partial charge >= 0.3 is 0 Å². The summed E-state index contributed by atoms with van der Waals surface area (Å²) in [7, 11) is 0. The van der Waals surface area contributed by atoms with Gasteiger partial charge in [-0.1, -0.05) is 30.9 Å². The number of aliphatic hydroxyl groups is 1. The van der Waals surface area contributed by atoms with E-state index in [4.69, 9.17) is 10.7 Å². The number of aromatic amines is 1. The predicted octanol–water partition coefficient (Wildman–Crippen LogP) is 2.34. The van der Waals surface area contributed by atoms with Crippen molar-refractivity contribution >= 4 is 11.2 Å². The fourth-order valence-electron chi connectivity index (χ4n) is 3.10. The number of aromatic nitrogens is 4. The molecule has 0 bridgehead atoms. The van der Waals surface area contributed by atoms with Gasteiger partial charge in [0, 0.05) is 5.92 Å². The summed E-state index contributed by atoms with van der Waals surface area (Å²) >= 11 is 0. The Hall–Kier alpha value is -1.79. The molecular formula is C16H23N5O. The van der Waals surface area contributed by atoms with Gasteiger partial charge in [-0.2, -0.15) is 0 Å². The van der Waals surface area contributed by atoms with E-state index in [9.17, 15) is 5.11 Å². The van der Waals surface area contributed by atoms with Crippen molar-refractivity contribution < 1.29 is 5.11 Å². The fraction of sp³-hybridized carbons (Fsp3) is 0.562. The summed E-state index contributed by atoms with van der Waals surface area (Å²) in [6.45, 7) is 1.85. The summed E-state index contributed by atoms with van der Waals surface area (Å²) in [5, 5.41) is 9.19. The minimum Gasteiger partial charge on any atom is -0.392 e. The summed E-state index contributed by atoms with van der Waals surface area (Å²) in [6.07, 6.45) is 9.50. The molecule has 0 spiro atoms. The van der Waals surface area contributed by atoms with Gasteiger partial charge in [0.05, 0.1) is 24.7 Å². The van der Waals surface area contributed by atoms with Crippen molar-refractivity contribution in [3.8, 4) is 0 Å². The van der Waals surface area contributed by atoms with Crippen LogP contribution < -0.4 is 5.73 Å². The molecule has 1 aliphatic carbocycles. The van der Waals surface area contributed by atoms with Gasteiger partial charge in [0.2, 0.25) is 0 Å². The minimum absolute atomic E-state index is 0.000382. The lowest BCUT2D eigenvalue weighted by Gasteiger charge is -2.21. The van der Waals surface area contributed by atoms with Crippen molar-refractivity contribution in [1.82, 2.24) is 19.9 Å². The Bertz CT molecular complexity index is 672. The SMILES string of the molecule is CC(=CC(N)c1nc(C2CCCCC2)nc2nc[nH]c12)CO. The van der Waals surface area contributed by atoms with Gasteiger partial charge in [-0.05, 0) is 19.8 Å². The highest BCUT2D eigenvalue weighted by atomic mass is 16.3. The van der Waals surface area contributed by atoms with E-state index in [1.165, 1.54) is 19.3 Å². The molecule has 0 amide bonds. The van der Waals surface area contributed by atoms with Crippen LogP contribution in [0.5, 0.6) is 0 Å². The third-order valence-corrected chi connectivity index (χ3v) is 4.33. The van der Waals surface area contributed by atoms with Crippen LogP contribution in [0, 0.1) is 0 Å². The monoisotopic (exact) mass is 301 g/mol. The highest BCUT2D eigenvalue weighted by Crippen LogP contribution is 2.32. The molecule has 1 fully saturated rings. The molecule has 22 heavy (non-hydrogen) atoms. The van der Waals surface area contributed by atoms with E-state index in [2.05, 4.69) is 15.0 Å². The lowest BCUT2D eigenvalue weighted by atomic mass is 9.88. The average molecular weight is 301 g/mol. The second-order valence-electron chi connectivity index (χ2n) is 6.10. The molecule has 4 N–H and O–H groups in total. The molecule has 6 heteroatoms. The number of nitrogens with two attached hydrogens (primary N) is 1. The van der Waals surface area contributed by atoms with Gasteiger partial charge in [-0.25, -0.2) is 15.0 Å². The molecule has 6 nitrogen and oxygen atoms in total. The summed E-state index contributed by atoms with van der Waals surface area (Å²) in [6, 6.07) is -0.375. The van der Waals surface area contributed by atoms with E-state index < -0.39 is 0 Å². The predicted molar refractivity (Wildman–Crippen MR) is 85.3 cm³/mol. The van der Waals surface area contributed by atoms with Crippen LogP contribution in [0.25, 0.3) is 11.2 Å². The van der Waals surface area contributed by atoms with Crippen molar-refractivity contribution in [3.05, 3.63) is 29.5 Å². The topological polar surface area (TPSA) is 101 Å². The van der Waals surface area contributed by atoms with Gasteiger partial charge < -0.3 is 15.8 Å². The number of imidazole rings is 1. The van der Waals surface area contributed by atoms with Crippen LogP contribution in [0.3, 0.4) is 0 Å². The number of rotatable bonds is 4. The molecule has 3 rings (SSSR count). The van der Waals surface area contributed by atoms with Crippen LogP contribution in [-0.4, -0.2) is 31.6 Å². The maximum absolute atomic E-state index is 9.19. The fourth-order valence-corrected chi connectivity index (χ4v) is 3.10. The Morgan fingerprint density at radius 1 is 1.41 bits per heavy atom. The van der Waals surface area contributed by atoms with Crippen LogP contribution in [0.4, 0.5) is 0 Å². The maximum Gasteiger partial charge on any atom is 0.181 e. The number of H-pyrrole nitrogens is 1. The van der Waals surface area contributed by atoms with Crippen LogP contribution >= 0.6 is 0 Å². The van der Waals surface area contributed by atoms with E-state index in [1.807, 2.05) is 13.0 Å². The van der Waals surface area contributed by atoms with Gasteiger partial charge in [-0.3, -0.25) is 0 Å². The molecule has 2 aromatic rings. The highest BCUT2D eigenvalue weighted by Gasteiger charge is 2.22. The Kier molecular flexibility index (Phi) is 4.49. The molecule has 118 valence electrons. The molecule has 1 saturated carbocycles. The number of nitrogens with zero attached hydrogens (tertiary/aromatic N) is 3. The zero-order valence-electron chi connectivity index (χ0n) is 12.9. The Labute approximate surface area is 129 Å². The van der Waals surface area contributed by atoms with Crippen LogP contribution in [0.2, 0.25) is 0 Å². The first-order valence-electron chi connectivity index (χ1n) is 7.93. The molecule has 1 unspecified atom stereocenters. The first kappa shape index (κ1) is 15.1. The number of nitrogens with one attached hydrogen (secondary N) is 1. The first-order valence-corrected chi connectivity index (χ1v) is 7.93. The van der Waals surface area contributed by atoms with Crippen molar-refractivity contribution in [2.45, 2.75) is 51.0 Å². The van der Waals surface area contributed by atoms with E-state index in [-0.39, 0.29) is 12.6 Å². The maximum atomic E-state index is 9.19. The molecule has 2 heterocycles. The van der Waals surface area contributed by atoms with Gasteiger partial charge in [0.25, 0.3) is 0 Å². The Balaban J connectivity index is 2.01. The quantitative estimate of drug-likeness (QED) is 0.752. The van der Waals surface area contributed by atoms with Crippen molar-refractivity contribution in [2.24, 2.45) is 5.73 Å². The van der Waals surface area contributed by atoms with Gasteiger partial charge in [0.15, 0.2) is 5.65 Å². The minimum atomic E-state index is -0.375. The molecule has 1 atom stereocenters. The molecule has 0 aliphatic heterocycles. The lowest BCUT2D eigenvalue weighted by molar-refractivity contribution is 0.330. The first-order chi connectivity index (χ1) is 10.7. The zero-order valence-corrected chi connectivity index (χ0v) is 12.9. The standard InChI is InChI=1S/C16H23N5O/c1-10(8-22)7-12(17)13-14-16(19-9-18-14)21-15(20-13)11-5-3-2-4-6-11/h7,9,11-12,22H,2-6,8,17H2,1H3,(H,18,19,20,21). The molecule has 2 aromatic heterocycles. The van der Waals surface area contributed by atoms with Crippen LogP contribution in [-0.2, 0) is 0 Å². The number of hydrogen-bond donors (Lipinski definition) is 3. The lowest BCUT2D eigenvalue weighted by Crippen LogP contribution is -2.16. The second kappa shape index (κ2) is 6.54. The van der Waals surface area contributed by atoms with Crippen molar-refractivity contribution in [3.63, 3.8) is 0 Å². The number of aliphatic hydroxyl groups excluding tert-OH is 1. The number of hydrogen-bond acceptors (Lipinski definition) is 5. The molecular weight excluding hydrogens is 278 g/mol. The summed E-state index contributed by atoms with van der Waals surface area (Å²) in [4.78, 5) is 16.7. The molecule has 0 saturated heterocycles. The number of fused-ring (bicyclic) bond motifs is 1. The third kappa shape index (κ3) is 3.03. The second-order valence-corrected chi connectivity index (χ2v) is 6.10. The van der Waals surface area contributed by atoms with Crippen molar-refractivity contribution in [2.75, 3.05) is 6.61 Å². The van der Waals surface area contributed by atoms with Gasteiger partial charge in [-0.15, -0.1) is 0 Å². The van der Waals surface area contributed by atoms with E-state index >= 15 is 0 Å². The summed E-state index contributed by atoms with van der Waals surface area (Å²) in [5.74, 6) is 1.27. The average Bonchev–Trinajstić information content (AvgIpc) is 3.03. The van der Waals surface area contributed by atoms with Crippen LogP contribution in [0.15, 0.2) is 18.0 Å². The largest absolute Gasteiger partial charge is 0.392 e. The molecule has 0 radical (unpaired) electrons. The normalized spacial score (nSPS) is 18.8. The zero-order chi connectivity index (χ0) is 15.5. The third-order valence-electron chi connectivity index (χ3n) is 4.33. The Morgan fingerprint density at radius 3 is 2.91 bits per heavy atom. The van der Waals surface area contributed by atoms with E-state index in [0.29, 0.717) is 11.6 Å².